The first kappa shape index (κ1) is 12.7. The van der Waals surface area contributed by atoms with Gasteiger partial charge >= 0.3 is 6.18 Å². The number of nitrogens with two attached hydrogens (primary N) is 1. The molecule has 0 aromatic carbocycles. The van der Waals surface area contributed by atoms with Crippen molar-refractivity contribution < 1.29 is 13.2 Å². The van der Waals surface area contributed by atoms with Crippen LogP contribution in [-0.4, -0.2) is 25.3 Å². The van der Waals surface area contributed by atoms with Crippen molar-refractivity contribution in [1.29, 1.82) is 0 Å². The highest BCUT2D eigenvalue weighted by atomic mass is 19.4. The summed E-state index contributed by atoms with van der Waals surface area (Å²) in [4.78, 5) is 0. The minimum atomic E-state index is -4.14. The molecule has 0 fully saturated rings. The van der Waals surface area contributed by atoms with E-state index in [1.165, 1.54) is 0 Å². The van der Waals surface area contributed by atoms with Gasteiger partial charge in [0.15, 0.2) is 0 Å². The molecule has 0 aliphatic heterocycles. The Bertz CT molecular complexity index is 136. The molecule has 0 saturated heterocycles. The zero-order chi connectivity index (χ0) is 10.5. The molecule has 0 amide bonds. The Hall–Kier alpha value is -0.290. The summed E-state index contributed by atoms with van der Waals surface area (Å²) in [6, 6.07) is -0.202. The molecular formula is C8H17F3N2. The predicted molar refractivity (Wildman–Crippen MR) is 46.4 cm³/mol. The largest absolute Gasteiger partial charge is 0.401 e. The second-order valence-corrected chi connectivity index (χ2v) is 3.30. The molecule has 2 unspecified atom stereocenters. The quantitative estimate of drug-likeness (QED) is 0.702. The van der Waals surface area contributed by atoms with Crippen molar-refractivity contribution in [2.75, 3.05) is 13.1 Å². The highest BCUT2D eigenvalue weighted by Crippen LogP contribution is 2.12. The Kier molecular flexibility index (Phi) is 5.32. The van der Waals surface area contributed by atoms with Gasteiger partial charge in [0, 0.05) is 12.6 Å². The van der Waals surface area contributed by atoms with Crippen LogP contribution < -0.4 is 11.1 Å². The Labute approximate surface area is 76.7 Å². The average molecular weight is 198 g/mol. The molecule has 0 rings (SSSR count). The van der Waals surface area contributed by atoms with Crippen LogP contribution in [0.4, 0.5) is 13.2 Å². The van der Waals surface area contributed by atoms with Crippen LogP contribution in [-0.2, 0) is 0 Å². The van der Waals surface area contributed by atoms with Crippen molar-refractivity contribution in [3.8, 4) is 0 Å². The van der Waals surface area contributed by atoms with Crippen LogP contribution in [0.3, 0.4) is 0 Å². The molecule has 2 atom stereocenters. The van der Waals surface area contributed by atoms with Crippen LogP contribution in [0.2, 0.25) is 0 Å². The Morgan fingerprint density at radius 3 is 2.31 bits per heavy atom. The van der Waals surface area contributed by atoms with Gasteiger partial charge in [-0.15, -0.1) is 0 Å². The number of nitrogens with one attached hydrogen (secondary N) is 1. The molecular weight excluding hydrogens is 181 g/mol. The Balaban J connectivity index is 3.53. The Morgan fingerprint density at radius 2 is 1.92 bits per heavy atom. The highest BCUT2D eigenvalue weighted by Gasteiger charge is 2.26. The molecule has 2 nitrogen and oxygen atoms in total. The first-order valence-electron chi connectivity index (χ1n) is 4.40. The van der Waals surface area contributed by atoms with E-state index in [9.17, 15) is 13.2 Å². The van der Waals surface area contributed by atoms with Crippen LogP contribution in [0.25, 0.3) is 0 Å². The minimum absolute atomic E-state index is 0.202. The molecule has 80 valence electrons. The third-order valence-electron chi connectivity index (χ3n) is 2.08. The van der Waals surface area contributed by atoms with Gasteiger partial charge in [-0.05, 0) is 5.92 Å². The summed E-state index contributed by atoms with van der Waals surface area (Å²) in [5.74, 6) is 0.251. The van der Waals surface area contributed by atoms with E-state index in [0.717, 1.165) is 6.42 Å². The number of hydrogen-bond acceptors (Lipinski definition) is 2. The van der Waals surface area contributed by atoms with Crippen molar-refractivity contribution >= 4 is 0 Å². The van der Waals surface area contributed by atoms with Gasteiger partial charge < -0.3 is 11.1 Å². The molecule has 13 heavy (non-hydrogen) atoms. The summed E-state index contributed by atoms with van der Waals surface area (Å²) in [5.41, 5.74) is 5.63. The van der Waals surface area contributed by atoms with E-state index in [1.54, 1.807) is 0 Å². The van der Waals surface area contributed by atoms with Crippen molar-refractivity contribution in [3.05, 3.63) is 0 Å². The monoisotopic (exact) mass is 198 g/mol. The average Bonchev–Trinajstić information content (AvgIpc) is 2.00. The van der Waals surface area contributed by atoms with Gasteiger partial charge in [-0.25, -0.2) is 0 Å². The van der Waals surface area contributed by atoms with Gasteiger partial charge in [0.05, 0.1) is 6.54 Å². The van der Waals surface area contributed by atoms with Crippen molar-refractivity contribution in [2.45, 2.75) is 32.5 Å². The van der Waals surface area contributed by atoms with Gasteiger partial charge in [0.25, 0.3) is 0 Å². The van der Waals surface area contributed by atoms with Crippen LogP contribution in [0.1, 0.15) is 20.3 Å². The second-order valence-electron chi connectivity index (χ2n) is 3.30. The van der Waals surface area contributed by atoms with E-state index >= 15 is 0 Å². The molecule has 0 aliphatic rings. The van der Waals surface area contributed by atoms with E-state index in [2.05, 4.69) is 5.32 Å². The number of rotatable bonds is 5. The van der Waals surface area contributed by atoms with Gasteiger partial charge in [-0.1, -0.05) is 20.3 Å². The normalized spacial score (nSPS) is 17.1. The van der Waals surface area contributed by atoms with Gasteiger partial charge in [0.2, 0.25) is 0 Å². The zero-order valence-corrected chi connectivity index (χ0v) is 7.99. The van der Waals surface area contributed by atoms with Crippen molar-refractivity contribution in [3.63, 3.8) is 0 Å². The molecule has 0 saturated carbocycles. The third-order valence-corrected chi connectivity index (χ3v) is 2.08. The molecule has 0 aromatic rings. The van der Waals surface area contributed by atoms with Crippen LogP contribution >= 0.6 is 0 Å². The van der Waals surface area contributed by atoms with Crippen molar-refractivity contribution in [2.24, 2.45) is 11.7 Å². The fourth-order valence-electron chi connectivity index (χ4n) is 0.885. The lowest BCUT2D eigenvalue weighted by molar-refractivity contribution is -0.124. The van der Waals surface area contributed by atoms with Crippen LogP contribution in [0.5, 0.6) is 0 Å². The fourth-order valence-corrected chi connectivity index (χ4v) is 0.885. The number of alkyl halides is 3. The lowest BCUT2D eigenvalue weighted by Gasteiger charge is -2.19. The molecule has 0 aromatic heterocycles. The van der Waals surface area contributed by atoms with E-state index < -0.39 is 12.7 Å². The summed E-state index contributed by atoms with van der Waals surface area (Å²) in [5, 5.41) is 2.29. The SMILES string of the molecule is CCC(C)C(N)CNCC(F)(F)F. The molecule has 0 spiro atoms. The highest BCUT2D eigenvalue weighted by molar-refractivity contribution is 4.71. The maximum absolute atomic E-state index is 11.7. The summed E-state index contributed by atoms with van der Waals surface area (Å²) < 4.78 is 35.1. The lowest BCUT2D eigenvalue weighted by atomic mass is 10.0. The van der Waals surface area contributed by atoms with Crippen LogP contribution in [0, 0.1) is 5.92 Å². The smallest absolute Gasteiger partial charge is 0.326 e. The fraction of sp³-hybridized carbons (Fsp3) is 1.00. The van der Waals surface area contributed by atoms with Gasteiger partial charge in [-0.2, -0.15) is 13.2 Å². The third kappa shape index (κ3) is 6.83. The van der Waals surface area contributed by atoms with E-state index in [-0.39, 0.29) is 18.5 Å². The van der Waals surface area contributed by atoms with Crippen LogP contribution in [0.15, 0.2) is 0 Å². The van der Waals surface area contributed by atoms with E-state index in [1.807, 2.05) is 13.8 Å². The summed E-state index contributed by atoms with van der Waals surface area (Å²) in [6.45, 7) is 3.15. The number of hydrogen-bond donors (Lipinski definition) is 2. The minimum Gasteiger partial charge on any atom is -0.326 e. The first-order chi connectivity index (χ1) is 5.87. The predicted octanol–water partition coefficient (Wildman–Crippen LogP) is 1.51. The van der Waals surface area contributed by atoms with Crippen molar-refractivity contribution in [1.82, 2.24) is 5.32 Å². The molecule has 0 bridgehead atoms. The second kappa shape index (κ2) is 5.44. The summed E-state index contributed by atoms with van der Waals surface area (Å²) >= 11 is 0. The number of halogens is 3. The summed E-state index contributed by atoms with van der Waals surface area (Å²) in [7, 11) is 0. The maximum atomic E-state index is 11.7. The topological polar surface area (TPSA) is 38.0 Å². The first-order valence-corrected chi connectivity index (χ1v) is 4.40. The zero-order valence-electron chi connectivity index (χ0n) is 7.99. The summed E-state index contributed by atoms with van der Waals surface area (Å²) in [6.07, 6.45) is -3.26. The molecule has 0 radical (unpaired) electrons. The molecule has 3 N–H and O–H groups in total. The molecule has 0 heterocycles. The molecule has 0 aliphatic carbocycles. The van der Waals surface area contributed by atoms with Gasteiger partial charge in [-0.3, -0.25) is 0 Å². The lowest BCUT2D eigenvalue weighted by Crippen LogP contribution is -2.41. The standard InChI is InChI=1S/C8H17F3N2/c1-3-6(2)7(12)4-13-5-8(9,10)11/h6-7,13H,3-5,12H2,1-2H3. The maximum Gasteiger partial charge on any atom is 0.401 e. The Morgan fingerprint density at radius 1 is 1.38 bits per heavy atom. The van der Waals surface area contributed by atoms with E-state index in [0.29, 0.717) is 0 Å². The molecule has 5 heteroatoms. The van der Waals surface area contributed by atoms with Gasteiger partial charge in [0.1, 0.15) is 0 Å². The van der Waals surface area contributed by atoms with E-state index in [4.69, 9.17) is 5.73 Å².